The monoisotopic (exact) mass is 275 g/mol. The number of phenolic OH excluding ortho intramolecular Hbond substituents is 1. The quantitative estimate of drug-likeness (QED) is 0.872. The molecular weight excluding hydrogens is 259 g/mol. The second kappa shape index (κ2) is 5.28. The lowest BCUT2D eigenvalue weighted by Gasteiger charge is -2.27. The van der Waals surface area contributed by atoms with Crippen LogP contribution in [-0.4, -0.2) is 25.3 Å². The molecule has 19 heavy (non-hydrogen) atoms. The molecule has 1 heterocycles. The molecule has 1 saturated heterocycles. The number of benzene rings is 1. The highest BCUT2D eigenvalue weighted by Crippen LogP contribution is 2.45. The molecule has 1 aromatic carbocycles. The molecular formula is C13H16F3NO2. The second-order valence-electron chi connectivity index (χ2n) is 4.62. The van der Waals surface area contributed by atoms with Crippen molar-refractivity contribution in [3.8, 4) is 11.5 Å². The summed E-state index contributed by atoms with van der Waals surface area (Å²) in [5.74, 6) is -0.667. The van der Waals surface area contributed by atoms with Crippen LogP contribution < -0.4 is 10.1 Å². The van der Waals surface area contributed by atoms with E-state index < -0.39 is 17.5 Å². The molecule has 1 aliphatic heterocycles. The van der Waals surface area contributed by atoms with Crippen molar-refractivity contribution in [3.63, 3.8) is 0 Å². The summed E-state index contributed by atoms with van der Waals surface area (Å²) in [4.78, 5) is 0. The number of alkyl halides is 3. The van der Waals surface area contributed by atoms with Crippen molar-refractivity contribution >= 4 is 0 Å². The van der Waals surface area contributed by atoms with Gasteiger partial charge in [0.1, 0.15) is 0 Å². The molecule has 1 unspecified atom stereocenters. The van der Waals surface area contributed by atoms with Gasteiger partial charge in [-0.2, -0.15) is 13.2 Å². The van der Waals surface area contributed by atoms with Crippen molar-refractivity contribution < 1.29 is 23.0 Å². The maximum atomic E-state index is 13.0. The molecule has 0 radical (unpaired) electrons. The fourth-order valence-electron chi connectivity index (χ4n) is 2.51. The van der Waals surface area contributed by atoms with Crippen LogP contribution in [0.4, 0.5) is 13.2 Å². The van der Waals surface area contributed by atoms with E-state index in [0.717, 1.165) is 25.1 Å². The Morgan fingerprint density at radius 2 is 2.11 bits per heavy atom. The summed E-state index contributed by atoms with van der Waals surface area (Å²) in [5.41, 5.74) is -0.835. The minimum absolute atomic E-state index is 0.0564. The van der Waals surface area contributed by atoms with Crippen molar-refractivity contribution in [3.05, 3.63) is 23.3 Å². The lowest BCUT2D eigenvalue weighted by Crippen LogP contribution is -2.29. The predicted octanol–water partition coefficient (Wildman–Crippen LogP) is 2.89. The SMILES string of the molecule is COc1ccc(C(F)(F)F)c(C2CCCNC2)c1O. The Kier molecular flexibility index (Phi) is 3.89. The highest BCUT2D eigenvalue weighted by Gasteiger charge is 2.38. The van der Waals surface area contributed by atoms with Gasteiger partial charge in [-0.25, -0.2) is 0 Å². The molecule has 0 bridgehead atoms. The number of phenols is 1. The van der Waals surface area contributed by atoms with Gasteiger partial charge in [0, 0.05) is 18.0 Å². The minimum Gasteiger partial charge on any atom is -0.504 e. The molecule has 6 heteroatoms. The van der Waals surface area contributed by atoms with Gasteiger partial charge >= 0.3 is 6.18 Å². The van der Waals surface area contributed by atoms with Crippen molar-refractivity contribution in [1.82, 2.24) is 5.32 Å². The summed E-state index contributed by atoms with van der Waals surface area (Å²) in [6.45, 7) is 1.23. The fourth-order valence-corrected chi connectivity index (χ4v) is 2.51. The number of piperidine rings is 1. The predicted molar refractivity (Wildman–Crippen MR) is 64.5 cm³/mol. The summed E-state index contributed by atoms with van der Waals surface area (Å²) in [6.07, 6.45) is -3.06. The normalized spacial score (nSPS) is 20.3. The molecule has 2 N–H and O–H groups in total. The number of ether oxygens (including phenoxy) is 1. The number of nitrogens with one attached hydrogen (secondary N) is 1. The molecule has 1 aromatic rings. The van der Waals surface area contributed by atoms with Crippen molar-refractivity contribution in [1.29, 1.82) is 0 Å². The van der Waals surface area contributed by atoms with E-state index in [2.05, 4.69) is 5.32 Å². The summed E-state index contributed by atoms with van der Waals surface area (Å²) in [7, 11) is 1.32. The van der Waals surface area contributed by atoms with Gasteiger partial charge in [-0.1, -0.05) is 0 Å². The third kappa shape index (κ3) is 2.78. The zero-order chi connectivity index (χ0) is 14.0. The maximum absolute atomic E-state index is 13.0. The van der Waals surface area contributed by atoms with Crippen LogP contribution in [0.1, 0.15) is 29.9 Å². The first-order valence-corrected chi connectivity index (χ1v) is 6.13. The highest BCUT2D eigenvalue weighted by atomic mass is 19.4. The van der Waals surface area contributed by atoms with E-state index >= 15 is 0 Å². The molecule has 0 saturated carbocycles. The zero-order valence-corrected chi connectivity index (χ0v) is 10.5. The maximum Gasteiger partial charge on any atom is 0.416 e. The summed E-state index contributed by atoms with van der Waals surface area (Å²) >= 11 is 0. The molecule has 0 spiro atoms. The van der Waals surface area contributed by atoms with Crippen LogP contribution in [0.2, 0.25) is 0 Å². The number of aromatic hydroxyl groups is 1. The Bertz CT molecular complexity index is 454. The zero-order valence-electron chi connectivity index (χ0n) is 10.5. The van der Waals surface area contributed by atoms with Gasteiger partial charge in [-0.15, -0.1) is 0 Å². The topological polar surface area (TPSA) is 41.5 Å². The van der Waals surface area contributed by atoms with Crippen LogP contribution in [0.25, 0.3) is 0 Å². The van der Waals surface area contributed by atoms with E-state index in [1.165, 1.54) is 7.11 Å². The Balaban J connectivity index is 2.52. The lowest BCUT2D eigenvalue weighted by atomic mass is 9.87. The van der Waals surface area contributed by atoms with Crippen LogP contribution >= 0.6 is 0 Å². The molecule has 1 fully saturated rings. The van der Waals surface area contributed by atoms with Crippen molar-refractivity contribution in [2.24, 2.45) is 0 Å². The van der Waals surface area contributed by atoms with E-state index in [-0.39, 0.29) is 17.2 Å². The standard InChI is InChI=1S/C13H16F3NO2/c1-19-10-5-4-9(13(14,15)16)11(12(10)18)8-3-2-6-17-7-8/h4-5,8,17-18H,2-3,6-7H2,1H3. The third-order valence-electron chi connectivity index (χ3n) is 3.41. The number of methoxy groups -OCH3 is 1. The molecule has 3 nitrogen and oxygen atoms in total. The lowest BCUT2D eigenvalue weighted by molar-refractivity contribution is -0.138. The van der Waals surface area contributed by atoms with Gasteiger partial charge < -0.3 is 15.2 Å². The van der Waals surface area contributed by atoms with Gasteiger partial charge in [0.2, 0.25) is 0 Å². The van der Waals surface area contributed by atoms with E-state index in [9.17, 15) is 18.3 Å². The van der Waals surface area contributed by atoms with E-state index in [4.69, 9.17) is 4.74 Å². The largest absolute Gasteiger partial charge is 0.504 e. The van der Waals surface area contributed by atoms with Crippen LogP contribution in [0.5, 0.6) is 11.5 Å². The Morgan fingerprint density at radius 3 is 2.63 bits per heavy atom. The molecule has 0 aromatic heterocycles. The Hall–Kier alpha value is -1.43. The minimum atomic E-state index is -4.48. The van der Waals surface area contributed by atoms with Crippen LogP contribution in [0.3, 0.4) is 0 Å². The van der Waals surface area contributed by atoms with Gasteiger partial charge in [-0.05, 0) is 31.5 Å². The number of halogens is 3. The molecule has 1 aliphatic rings. The average Bonchev–Trinajstić information content (AvgIpc) is 2.38. The number of rotatable bonds is 2. The van der Waals surface area contributed by atoms with Gasteiger partial charge in [0.05, 0.1) is 12.7 Å². The fraction of sp³-hybridized carbons (Fsp3) is 0.538. The first kappa shape index (κ1) is 14.0. The smallest absolute Gasteiger partial charge is 0.416 e. The highest BCUT2D eigenvalue weighted by molar-refractivity contribution is 5.52. The second-order valence-corrected chi connectivity index (χ2v) is 4.62. The first-order chi connectivity index (χ1) is 8.95. The first-order valence-electron chi connectivity index (χ1n) is 6.13. The molecule has 2 rings (SSSR count). The van der Waals surface area contributed by atoms with Gasteiger partial charge in [0.15, 0.2) is 11.5 Å². The van der Waals surface area contributed by atoms with E-state index in [1.807, 2.05) is 0 Å². The molecule has 1 atom stereocenters. The molecule has 0 aliphatic carbocycles. The Labute approximate surface area is 109 Å². The van der Waals surface area contributed by atoms with Crippen LogP contribution in [0, 0.1) is 0 Å². The van der Waals surface area contributed by atoms with Crippen LogP contribution in [0.15, 0.2) is 12.1 Å². The van der Waals surface area contributed by atoms with E-state index in [1.54, 1.807) is 0 Å². The van der Waals surface area contributed by atoms with Gasteiger partial charge in [0.25, 0.3) is 0 Å². The number of hydrogen-bond donors (Lipinski definition) is 2. The third-order valence-corrected chi connectivity index (χ3v) is 3.41. The number of hydrogen-bond acceptors (Lipinski definition) is 3. The summed E-state index contributed by atoms with van der Waals surface area (Å²) < 4.78 is 44.0. The molecule has 106 valence electrons. The average molecular weight is 275 g/mol. The summed E-state index contributed by atoms with van der Waals surface area (Å²) in [5, 5.41) is 13.1. The van der Waals surface area contributed by atoms with Crippen molar-refractivity contribution in [2.75, 3.05) is 20.2 Å². The van der Waals surface area contributed by atoms with Gasteiger partial charge in [-0.3, -0.25) is 0 Å². The molecule has 0 amide bonds. The Morgan fingerprint density at radius 1 is 1.37 bits per heavy atom. The van der Waals surface area contributed by atoms with E-state index in [0.29, 0.717) is 13.0 Å². The van der Waals surface area contributed by atoms with Crippen molar-refractivity contribution in [2.45, 2.75) is 24.9 Å². The summed E-state index contributed by atoms with van der Waals surface area (Å²) in [6, 6.07) is 2.13. The van der Waals surface area contributed by atoms with Crippen LogP contribution in [-0.2, 0) is 6.18 Å².